The Hall–Kier alpha value is -2.89. The summed E-state index contributed by atoms with van der Waals surface area (Å²) in [4.78, 5) is 27.8. The summed E-state index contributed by atoms with van der Waals surface area (Å²) in [6.45, 7) is 5.86. The van der Waals surface area contributed by atoms with Gasteiger partial charge in [0.15, 0.2) is 12.4 Å². The van der Waals surface area contributed by atoms with Gasteiger partial charge < -0.3 is 14.8 Å². The van der Waals surface area contributed by atoms with E-state index in [1.165, 1.54) is 0 Å². The fraction of sp³-hybridized carbons (Fsp3) is 0.350. The van der Waals surface area contributed by atoms with Crippen LogP contribution >= 0.6 is 0 Å². The highest BCUT2D eigenvalue weighted by molar-refractivity contribution is 5.95. The van der Waals surface area contributed by atoms with Crippen LogP contribution in [-0.4, -0.2) is 29.4 Å². The van der Waals surface area contributed by atoms with Crippen molar-refractivity contribution in [3.63, 3.8) is 0 Å². The molecule has 0 fully saturated rings. The van der Waals surface area contributed by atoms with Crippen molar-refractivity contribution in [3.05, 3.63) is 53.7 Å². The molecule has 0 unspecified atom stereocenters. The molecule has 1 aromatic heterocycles. The van der Waals surface area contributed by atoms with Gasteiger partial charge in [-0.3, -0.25) is 9.59 Å². The maximum Gasteiger partial charge on any atom is 0.258 e. The Kier molecular flexibility index (Phi) is 7.14. The summed E-state index contributed by atoms with van der Waals surface area (Å²) >= 11 is 0. The summed E-state index contributed by atoms with van der Waals surface area (Å²) in [6, 6.07) is 10.4. The van der Waals surface area contributed by atoms with E-state index in [0.29, 0.717) is 30.2 Å². The summed E-state index contributed by atoms with van der Waals surface area (Å²) in [6.07, 6.45) is 2.11. The third-order valence-electron chi connectivity index (χ3n) is 3.54. The molecule has 0 atom stereocenters. The van der Waals surface area contributed by atoms with Crippen LogP contribution < -0.4 is 14.8 Å². The number of aromatic nitrogens is 1. The fourth-order valence-electron chi connectivity index (χ4n) is 2.22. The normalized spacial score (nSPS) is 10.5. The zero-order chi connectivity index (χ0) is 18.9. The van der Waals surface area contributed by atoms with E-state index in [9.17, 15) is 9.59 Å². The van der Waals surface area contributed by atoms with E-state index < -0.39 is 0 Å². The molecule has 0 radical (unpaired) electrons. The quantitative estimate of drug-likeness (QED) is 0.698. The van der Waals surface area contributed by atoms with Crippen LogP contribution in [0.5, 0.6) is 11.6 Å². The minimum absolute atomic E-state index is 0.00486. The number of benzene rings is 1. The van der Waals surface area contributed by atoms with Crippen LogP contribution in [0.1, 0.15) is 43.1 Å². The van der Waals surface area contributed by atoms with E-state index in [0.717, 1.165) is 5.56 Å². The molecule has 0 saturated heterocycles. The van der Waals surface area contributed by atoms with Gasteiger partial charge in [-0.1, -0.05) is 13.0 Å². The van der Waals surface area contributed by atoms with Crippen molar-refractivity contribution in [2.45, 2.75) is 39.8 Å². The number of hydrogen-bond acceptors (Lipinski definition) is 5. The van der Waals surface area contributed by atoms with Crippen molar-refractivity contribution in [1.29, 1.82) is 0 Å². The zero-order valence-electron chi connectivity index (χ0n) is 15.3. The lowest BCUT2D eigenvalue weighted by molar-refractivity contribution is -0.123. The number of nitrogens with one attached hydrogen (secondary N) is 1. The number of hydrogen-bond donors (Lipinski definition) is 1. The number of amides is 1. The predicted molar refractivity (Wildman–Crippen MR) is 98.4 cm³/mol. The average Bonchev–Trinajstić information content (AvgIpc) is 2.65. The molecule has 1 amide bonds. The molecule has 6 nitrogen and oxygen atoms in total. The van der Waals surface area contributed by atoms with E-state index in [-0.39, 0.29) is 24.4 Å². The lowest BCUT2D eigenvalue weighted by atomic mass is 10.1. The van der Waals surface area contributed by atoms with Crippen LogP contribution in [0.25, 0.3) is 0 Å². The van der Waals surface area contributed by atoms with Crippen LogP contribution in [-0.2, 0) is 11.3 Å². The molecule has 1 N–H and O–H groups in total. The summed E-state index contributed by atoms with van der Waals surface area (Å²) in [5.41, 5.74) is 1.44. The first-order chi connectivity index (χ1) is 12.5. The molecular formula is C20H24N2O4. The smallest absolute Gasteiger partial charge is 0.258 e. The number of ketones is 1. The van der Waals surface area contributed by atoms with E-state index in [2.05, 4.69) is 10.3 Å². The van der Waals surface area contributed by atoms with Crippen molar-refractivity contribution >= 4 is 11.7 Å². The van der Waals surface area contributed by atoms with Crippen LogP contribution in [0.4, 0.5) is 0 Å². The standard InChI is InChI=1S/C20H24N2O4/c1-4-18(23)15-7-9-17(10-8-15)25-13-19(24)22-12-16-6-5-11-21-20(16)26-14(2)3/h5-11,14H,4,12-13H2,1-3H3,(H,22,24). The van der Waals surface area contributed by atoms with Gasteiger partial charge in [0, 0.05) is 30.3 Å². The Labute approximate surface area is 153 Å². The molecule has 6 heteroatoms. The third kappa shape index (κ3) is 5.88. The highest BCUT2D eigenvalue weighted by Gasteiger charge is 2.09. The average molecular weight is 356 g/mol. The van der Waals surface area contributed by atoms with Gasteiger partial charge >= 0.3 is 0 Å². The first kappa shape index (κ1) is 19.4. The number of pyridine rings is 1. The van der Waals surface area contributed by atoms with Gasteiger partial charge in [0.2, 0.25) is 5.88 Å². The van der Waals surface area contributed by atoms with Crippen LogP contribution in [0, 0.1) is 0 Å². The second kappa shape index (κ2) is 9.56. The van der Waals surface area contributed by atoms with Crippen molar-refractivity contribution < 1.29 is 19.1 Å². The number of carbonyl (C=O) groups excluding carboxylic acids is 2. The molecule has 0 saturated carbocycles. The SMILES string of the molecule is CCC(=O)c1ccc(OCC(=O)NCc2cccnc2OC(C)C)cc1. The Balaban J connectivity index is 1.83. The molecule has 0 spiro atoms. The van der Waals surface area contributed by atoms with Gasteiger partial charge in [-0.15, -0.1) is 0 Å². The first-order valence-corrected chi connectivity index (χ1v) is 8.63. The summed E-state index contributed by atoms with van der Waals surface area (Å²) in [5, 5.41) is 2.78. The zero-order valence-corrected chi connectivity index (χ0v) is 15.3. The van der Waals surface area contributed by atoms with Gasteiger partial charge in [0.25, 0.3) is 5.91 Å². The molecule has 1 heterocycles. The maximum absolute atomic E-state index is 12.0. The van der Waals surface area contributed by atoms with Gasteiger partial charge in [-0.2, -0.15) is 0 Å². The number of ether oxygens (including phenoxy) is 2. The van der Waals surface area contributed by atoms with E-state index in [4.69, 9.17) is 9.47 Å². The number of Topliss-reactive ketones (excluding diaryl/α,β-unsaturated/α-hetero) is 1. The summed E-state index contributed by atoms with van der Waals surface area (Å²) in [7, 11) is 0. The minimum atomic E-state index is -0.252. The molecule has 138 valence electrons. The van der Waals surface area contributed by atoms with Crippen molar-refractivity contribution in [2.24, 2.45) is 0 Å². The second-order valence-electron chi connectivity index (χ2n) is 6.00. The molecule has 0 aliphatic rings. The van der Waals surface area contributed by atoms with E-state index in [1.54, 1.807) is 36.5 Å². The molecule has 1 aromatic carbocycles. The van der Waals surface area contributed by atoms with Crippen LogP contribution in [0.15, 0.2) is 42.6 Å². The summed E-state index contributed by atoms with van der Waals surface area (Å²) < 4.78 is 11.1. The van der Waals surface area contributed by atoms with Crippen molar-refractivity contribution in [1.82, 2.24) is 10.3 Å². The summed E-state index contributed by atoms with van der Waals surface area (Å²) in [5.74, 6) is 0.876. The second-order valence-corrected chi connectivity index (χ2v) is 6.00. The minimum Gasteiger partial charge on any atom is -0.484 e. The highest BCUT2D eigenvalue weighted by Crippen LogP contribution is 2.16. The Morgan fingerprint density at radius 3 is 2.54 bits per heavy atom. The Morgan fingerprint density at radius 2 is 1.88 bits per heavy atom. The molecular weight excluding hydrogens is 332 g/mol. The largest absolute Gasteiger partial charge is 0.484 e. The third-order valence-corrected chi connectivity index (χ3v) is 3.54. The van der Waals surface area contributed by atoms with Crippen LogP contribution in [0.3, 0.4) is 0 Å². The van der Waals surface area contributed by atoms with Crippen molar-refractivity contribution in [2.75, 3.05) is 6.61 Å². The lowest BCUT2D eigenvalue weighted by Crippen LogP contribution is -2.28. The monoisotopic (exact) mass is 356 g/mol. The van der Waals surface area contributed by atoms with E-state index in [1.807, 2.05) is 26.8 Å². The first-order valence-electron chi connectivity index (χ1n) is 8.63. The predicted octanol–water partition coefficient (Wildman–Crippen LogP) is 3.16. The van der Waals surface area contributed by atoms with Crippen LogP contribution in [0.2, 0.25) is 0 Å². The highest BCUT2D eigenvalue weighted by atomic mass is 16.5. The number of nitrogens with zero attached hydrogens (tertiary/aromatic N) is 1. The van der Waals surface area contributed by atoms with Gasteiger partial charge in [0.05, 0.1) is 6.10 Å². The van der Waals surface area contributed by atoms with Gasteiger partial charge in [-0.05, 0) is 44.2 Å². The molecule has 0 aliphatic carbocycles. The van der Waals surface area contributed by atoms with E-state index >= 15 is 0 Å². The molecule has 26 heavy (non-hydrogen) atoms. The maximum atomic E-state index is 12.0. The number of rotatable bonds is 9. The van der Waals surface area contributed by atoms with Crippen molar-refractivity contribution in [3.8, 4) is 11.6 Å². The molecule has 0 aliphatic heterocycles. The molecule has 2 rings (SSSR count). The Bertz CT molecular complexity index is 742. The topological polar surface area (TPSA) is 77.5 Å². The molecule has 2 aromatic rings. The fourth-order valence-corrected chi connectivity index (χ4v) is 2.22. The molecule has 0 bridgehead atoms. The number of carbonyl (C=O) groups is 2. The lowest BCUT2D eigenvalue weighted by Gasteiger charge is -2.13. The van der Waals surface area contributed by atoms with Gasteiger partial charge in [-0.25, -0.2) is 4.98 Å². The van der Waals surface area contributed by atoms with Gasteiger partial charge in [0.1, 0.15) is 5.75 Å². The Morgan fingerprint density at radius 1 is 1.15 bits per heavy atom.